The smallest absolute Gasteiger partial charge is 0.222 e. The van der Waals surface area contributed by atoms with Crippen molar-refractivity contribution in [2.24, 2.45) is 0 Å². The number of hydrogen-bond acceptors (Lipinski definition) is 2. The van der Waals surface area contributed by atoms with Crippen LogP contribution in [0.15, 0.2) is 24.3 Å². The molecule has 0 radical (unpaired) electrons. The van der Waals surface area contributed by atoms with Gasteiger partial charge in [0.2, 0.25) is 11.8 Å². The molecule has 0 atom stereocenters. The van der Waals surface area contributed by atoms with E-state index in [1.807, 2.05) is 17.0 Å². The number of hydrogen-bond donors (Lipinski definition) is 1. The van der Waals surface area contributed by atoms with E-state index in [1.165, 1.54) is 11.1 Å². The minimum atomic E-state index is 0.154. The summed E-state index contributed by atoms with van der Waals surface area (Å²) in [6.45, 7) is 5.69. The summed E-state index contributed by atoms with van der Waals surface area (Å²) >= 11 is 0. The molecule has 1 aromatic carbocycles. The van der Waals surface area contributed by atoms with Gasteiger partial charge in [-0.1, -0.05) is 37.6 Å². The van der Waals surface area contributed by atoms with Gasteiger partial charge >= 0.3 is 0 Å². The SMILES string of the molecule is CCCCC(=O)NC1CCN(C(=O)CCc2ccccc2C)CC1. The van der Waals surface area contributed by atoms with Crippen LogP contribution in [-0.2, 0) is 16.0 Å². The third kappa shape index (κ3) is 5.66. The first-order valence-electron chi connectivity index (χ1n) is 9.21. The van der Waals surface area contributed by atoms with E-state index in [0.29, 0.717) is 12.8 Å². The minimum absolute atomic E-state index is 0.154. The number of aryl methyl sites for hydroxylation is 2. The van der Waals surface area contributed by atoms with Crippen LogP contribution in [0, 0.1) is 6.92 Å². The number of amides is 2. The Morgan fingerprint density at radius 3 is 2.54 bits per heavy atom. The van der Waals surface area contributed by atoms with Crippen molar-refractivity contribution < 1.29 is 9.59 Å². The largest absolute Gasteiger partial charge is 0.353 e. The van der Waals surface area contributed by atoms with Crippen molar-refractivity contribution in [1.29, 1.82) is 0 Å². The van der Waals surface area contributed by atoms with Gasteiger partial charge in [-0.2, -0.15) is 0 Å². The second kappa shape index (κ2) is 9.45. The maximum Gasteiger partial charge on any atom is 0.222 e. The molecule has 1 heterocycles. The zero-order valence-electron chi connectivity index (χ0n) is 15.0. The molecule has 2 rings (SSSR count). The zero-order valence-corrected chi connectivity index (χ0v) is 15.0. The standard InChI is InChI=1S/C20H30N2O2/c1-3-4-9-19(23)21-18-12-14-22(15-13-18)20(24)11-10-17-8-6-5-7-16(17)2/h5-8,18H,3-4,9-15H2,1-2H3,(H,21,23). The lowest BCUT2D eigenvalue weighted by molar-refractivity contribution is -0.132. The maximum atomic E-state index is 12.4. The van der Waals surface area contributed by atoms with Crippen LogP contribution in [0.4, 0.5) is 0 Å². The van der Waals surface area contributed by atoms with Crippen molar-refractivity contribution in [3.8, 4) is 0 Å². The number of carbonyl (C=O) groups excluding carboxylic acids is 2. The number of nitrogens with one attached hydrogen (secondary N) is 1. The maximum absolute atomic E-state index is 12.4. The lowest BCUT2D eigenvalue weighted by atomic mass is 10.0. The summed E-state index contributed by atoms with van der Waals surface area (Å²) in [5, 5.41) is 3.10. The highest BCUT2D eigenvalue weighted by atomic mass is 16.2. The van der Waals surface area contributed by atoms with Crippen LogP contribution in [0.25, 0.3) is 0 Å². The second-order valence-corrected chi connectivity index (χ2v) is 6.75. The lowest BCUT2D eigenvalue weighted by Crippen LogP contribution is -2.46. The fourth-order valence-electron chi connectivity index (χ4n) is 3.20. The van der Waals surface area contributed by atoms with Crippen molar-refractivity contribution in [3.05, 3.63) is 35.4 Å². The number of carbonyl (C=O) groups is 2. The van der Waals surface area contributed by atoms with E-state index in [1.54, 1.807) is 0 Å². The van der Waals surface area contributed by atoms with Gasteiger partial charge in [0.05, 0.1) is 0 Å². The monoisotopic (exact) mass is 330 g/mol. The Kier molecular flexibility index (Phi) is 7.29. The van der Waals surface area contributed by atoms with E-state index in [4.69, 9.17) is 0 Å². The van der Waals surface area contributed by atoms with E-state index in [0.717, 1.165) is 45.2 Å². The molecule has 0 saturated carbocycles. The number of likely N-dealkylation sites (tertiary alicyclic amines) is 1. The first kappa shape index (κ1) is 18.5. The zero-order chi connectivity index (χ0) is 17.4. The molecule has 132 valence electrons. The summed E-state index contributed by atoms with van der Waals surface area (Å²) in [6, 6.07) is 8.47. The Labute approximate surface area is 145 Å². The number of piperidine rings is 1. The summed E-state index contributed by atoms with van der Waals surface area (Å²) in [7, 11) is 0. The molecular weight excluding hydrogens is 300 g/mol. The van der Waals surface area contributed by atoms with Crippen LogP contribution >= 0.6 is 0 Å². The van der Waals surface area contributed by atoms with Crippen molar-refractivity contribution in [1.82, 2.24) is 10.2 Å². The minimum Gasteiger partial charge on any atom is -0.353 e. The van der Waals surface area contributed by atoms with E-state index in [2.05, 4.69) is 31.3 Å². The number of nitrogens with zero attached hydrogens (tertiary/aromatic N) is 1. The quantitative estimate of drug-likeness (QED) is 0.834. The van der Waals surface area contributed by atoms with Gasteiger partial charge in [-0.25, -0.2) is 0 Å². The molecular formula is C20H30N2O2. The third-order valence-corrected chi connectivity index (χ3v) is 4.84. The van der Waals surface area contributed by atoms with Gasteiger partial charge in [-0.15, -0.1) is 0 Å². The molecule has 1 N–H and O–H groups in total. The van der Waals surface area contributed by atoms with Gasteiger partial charge in [0, 0.05) is 32.0 Å². The Balaban J connectivity index is 1.71. The molecule has 0 aromatic heterocycles. The molecule has 24 heavy (non-hydrogen) atoms. The van der Waals surface area contributed by atoms with Gasteiger partial charge in [0.15, 0.2) is 0 Å². The van der Waals surface area contributed by atoms with Gasteiger partial charge in [-0.05, 0) is 43.7 Å². The molecule has 1 fully saturated rings. The molecule has 0 spiro atoms. The number of unbranched alkanes of at least 4 members (excludes halogenated alkanes) is 1. The highest BCUT2D eigenvalue weighted by molar-refractivity contribution is 5.77. The predicted octanol–water partition coefficient (Wildman–Crippen LogP) is 3.23. The predicted molar refractivity (Wildman–Crippen MR) is 96.8 cm³/mol. The Hall–Kier alpha value is -1.84. The summed E-state index contributed by atoms with van der Waals surface area (Å²) < 4.78 is 0. The van der Waals surface area contributed by atoms with Crippen LogP contribution in [0.5, 0.6) is 0 Å². The average molecular weight is 330 g/mol. The summed E-state index contributed by atoms with van der Waals surface area (Å²) in [5.74, 6) is 0.384. The first-order valence-corrected chi connectivity index (χ1v) is 9.21. The van der Waals surface area contributed by atoms with Gasteiger partial charge in [0.25, 0.3) is 0 Å². The van der Waals surface area contributed by atoms with Crippen molar-refractivity contribution >= 4 is 11.8 Å². The van der Waals surface area contributed by atoms with Crippen molar-refractivity contribution in [2.75, 3.05) is 13.1 Å². The van der Waals surface area contributed by atoms with Crippen LogP contribution < -0.4 is 5.32 Å². The molecule has 0 bridgehead atoms. The van der Waals surface area contributed by atoms with Gasteiger partial charge in [-0.3, -0.25) is 9.59 Å². The van der Waals surface area contributed by atoms with Gasteiger partial charge < -0.3 is 10.2 Å². The molecule has 1 aliphatic rings. The fourth-order valence-corrected chi connectivity index (χ4v) is 3.20. The molecule has 1 aliphatic heterocycles. The molecule has 4 heteroatoms. The third-order valence-electron chi connectivity index (χ3n) is 4.84. The fraction of sp³-hybridized carbons (Fsp3) is 0.600. The number of rotatable bonds is 7. The van der Waals surface area contributed by atoms with Crippen LogP contribution in [0.2, 0.25) is 0 Å². The molecule has 1 aromatic rings. The summed E-state index contributed by atoms with van der Waals surface area (Å²) in [5.41, 5.74) is 2.50. The van der Waals surface area contributed by atoms with Crippen LogP contribution in [0.1, 0.15) is 56.6 Å². The molecule has 1 saturated heterocycles. The summed E-state index contributed by atoms with van der Waals surface area (Å²) in [4.78, 5) is 26.1. The molecule has 0 aliphatic carbocycles. The average Bonchev–Trinajstić information content (AvgIpc) is 2.59. The van der Waals surface area contributed by atoms with E-state index < -0.39 is 0 Å². The van der Waals surface area contributed by atoms with E-state index in [9.17, 15) is 9.59 Å². The topological polar surface area (TPSA) is 49.4 Å². The van der Waals surface area contributed by atoms with Crippen LogP contribution in [-0.4, -0.2) is 35.8 Å². The van der Waals surface area contributed by atoms with Crippen molar-refractivity contribution in [2.45, 2.75) is 64.8 Å². The van der Waals surface area contributed by atoms with Crippen molar-refractivity contribution in [3.63, 3.8) is 0 Å². The lowest BCUT2D eigenvalue weighted by Gasteiger charge is -2.32. The van der Waals surface area contributed by atoms with E-state index in [-0.39, 0.29) is 17.9 Å². The number of benzene rings is 1. The first-order chi connectivity index (χ1) is 11.6. The molecule has 4 nitrogen and oxygen atoms in total. The van der Waals surface area contributed by atoms with Gasteiger partial charge in [0.1, 0.15) is 0 Å². The Bertz CT molecular complexity index is 548. The molecule has 0 unspecified atom stereocenters. The van der Waals surface area contributed by atoms with E-state index >= 15 is 0 Å². The van der Waals surface area contributed by atoms with Crippen LogP contribution in [0.3, 0.4) is 0 Å². The highest BCUT2D eigenvalue weighted by Gasteiger charge is 2.23. The Morgan fingerprint density at radius 1 is 1.17 bits per heavy atom. The Morgan fingerprint density at radius 2 is 1.88 bits per heavy atom. The molecule has 2 amide bonds. The highest BCUT2D eigenvalue weighted by Crippen LogP contribution is 2.15. The summed E-state index contributed by atoms with van der Waals surface area (Å²) in [6.07, 6.45) is 5.72. The normalized spacial score (nSPS) is 15.3. The second-order valence-electron chi connectivity index (χ2n) is 6.75.